The minimum atomic E-state index is 0.148. The SMILES string of the molecule is CN(C)CCC(C=O)Cc1ccccc1. The summed E-state index contributed by atoms with van der Waals surface area (Å²) in [5, 5.41) is 0. The Kier molecular flexibility index (Phi) is 5.05. The van der Waals surface area contributed by atoms with Crippen LogP contribution >= 0.6 is 0 Å². The Morgan fingerprint density at radius 1 is 1.27 bits per heavy atom. The van der Waals surface area contributed by atoms with E-state index in [-0.39, 0.29) is 5.92 Å². The van der Waals surface area contributed by atoms with Gasteiger partial charge in [0.05, 0.1) is 0 Å². The van der Waals surface area contributed by atoms with E-state index in [4.69, 9.17) is 0 Å². The van der Waals surface area contributed by atoms with Gasteiger partial charge < -0.3 is 9.69 Å². The lowest BCUT2D eigenvalue weighted by Crippen LogP contribution is -2.18. The van der Waals surface area contributed by atoms with Crippen molar-refractivity contribution in [3.8, 4) is 0 Å². The number of hydrogen-bond acceptors (Lipinski definition) is 2. The van der Waals surface area contributed by atoms with Gasteiger partial charge in [-0.05, 0) is 39.0 Å². The number of nitrogens with zero attached hydrogens (tertiary/aromatic N) is 1. The summed E-state index contributed by atoms with van der Waals surface area (Å²) in [6.07, 6.45) is 2.88. The van der Waals surface area contributed by atoms with Gasteiger partial charge in [0.2, 0.25) is 0 Å². The number of carbonyl (C=O) groups excluding carboxylic acids is 1. The number of benzene rings is 1. The van der Waals surface area contributed by atoms with Gasteiger partial charge in [-0.2, -0.15) is 0 Å². The van der Waals surface area contributed by atoms with Crippen LogP contribution in [-0.2, 0) is 11.2 Å². The summed E-state index contributed by atoms with van der Waals surface area (Å²) in [7, 11) is 4.06. The quantitative estimate of drug-likeness (QED) is 0.662. The first-order chi connectivity index (χ1) is 7.22. The molecule has 1 unspecified atom stereocenters. The monoisotopic (exact) mass is 205 g/mol. The van der Waals surface area contributed by atoms with Gasteiger partial charge in [0.1, 0.15) is 6.29 Å². The van der Waals surface area contributed by atoms with Crippen molar-refractivity contribution < 1.29 is 4.79 Å². The standard InChI is InChI=1S/C13H19NO/c1-14(2)9-8-13(11-15)10-12-6-4-3-5-7-12/h3-7,11,13H,8-10H2,1-2H3. The van der Waals surface area contributed by atoms with Crippen LogP contribution in [0.1, 0.15) is 12.0 Å². The highest BCUT2D eigenvalue weighted by Gasteiger charge is 2.08. The average Bonchev–Trinajstić information content (AvgIpc) is 2.25. The summed E-state index contributed by atoms with van der Waals surface area (Å²) >= 11 is 0. The van der Waals surface area contributed by atoms with Gasteiger partial charge in [0, 0.05) is 5.92 Å². The van der Waals surface area contributed by atoms with Gasteiger partial charge in [-0.15, -0.1) is 0 Å². The Labute approximate surface area is 91.9 Å². The lowest BCUT2D eigenvalue weighted by Gasteiger charge is -2.14. The van der Waals surface area contributed by atoms with Crippen LogP contribution in [0.2, 0.25) is 0 Å². The second-order valence-corrected chi connectivity index (χ2v) is 4.18. The number of aldehydes is 1. The first-order valence-corrected chi connectivity index (χ1v) is 5.36. The molecule has 0 spiro atoms. The first kappa shape index (κ1) is 11.9. The fraction of sp³-hybridized carbons (Fsp3) is 0.462. The summed E-state index contributed by atoms with van der Waals surface area (Å²) in [6.45, 7) is 0.968. The molecule has 0 aliphatic rings. The van der Waals surface area contributed by atoms with E-state index < -0.39 is 0 Å². The molecule has 0 aromatic heterocycles. The molecule has 82 valence electrons. The van der Waals surface area contributed by atoms with Crippen molar-refractivity contribution in [2.45, 2.75) is 12.8 Å². The van der Waals surface area contributed by atoms with Crippen molar-refractivity contribution in [3.05, 3.63) is 35.9 Å². The van der Waals surface area contributed by atoms with Crippen LogP contribution in [0.4, 0.5) is 0 Å². The lowest BCUT2D eigenvalue weighted by atomic mass is 9.97. The van der Waals surface area contributed by atoms with Crippen LogP contribution in [0.3, 0.4) is 0 Å². The maximum atomic E-state index is 10.9. The van der Waals surface area contributed by atoms with E-state index in [1.165, 1.54) is 5.56 Å². The molecule has 15 heavy (non-hydrogen) atoms. The van der Waals surface area contributed by atoms with E-state index in [0.717, 1.165) is 25.7 Å². The molecule has 1 aromatic rings. The Balaban J connectivity index is 2.43. The molecule has 0 saturated carbocycles. The molecular weight excluding hydrogens is 186 g/mol. The van der Waals surface area contributed by atoms with E-state index in [2.05, 4.69) is 17.0 Å². The Morgan fingerprint density at radius 2 is 1.93 bits per heavy atom. The van der Waals surface area contributed by atoms with Crippen molar-refractivity contribution in [2.24, 2.45) is 5.92 Å². The summed E-state index contributed by atoms with van der Waals surface area (Å²) in [5.74, 6) is 0.148. The maximum Gasteiger partial charge on any atom is 0.123 e. The minimum absolute atomic E-state index is 0.148. The van der Waals surface area contributed by atoms with Gasteiger partial charge in [-0.1, -0.05) is 30.3 Å². The molecule has 0 heterocycles. The highest BCUT2D eigenvalue weighted by atomic mass is 16.1. The molecule has 1 atom stereocenters. The molecule has 2 heteroatoms. The number of hydrogen-bond donors (Lipinski definition) is 0. The van der Waals surface area contributed by atoms with Crippen molar-refractivity contribution in [3.63, 3.8) is 0 Å². The van der Waals surface area contributed by atoms with Crippen LogP contribution in [0.5, 0.6) is 0 Å². The Bertz CT molecular complexity index is 282. The van der Waals surface area contributed by atoms with Crippen molar-refractivity contribution in [1.29, 1.82) is 0 Å². The zero-order valence-corrected chi connectivity index (χ0v) is 9.52. The second kappa shape index (κ2) is 6.36. The third kappa shape index (κ3) is 4.75. The predicted molar refractivity (Wildman–Crippen MR) is 62.9 cm³/mol. The van der Waals surface area contributed by atoms with Gasteiger partial charge >= 0.3 is 0 Å². The zero-order chi connectivity index (χ0) is 11.1. The minimum Gasteiger partial charge on any atom is -0.309 e. The molecule has 0 N–H and O–H groups in total. The summed E-state index contributed by atoms with van der Waals surface area (Å²) < 4.78 is 0. The molecule has 0 aliphatic heterocycles. The number of rotatable bonds is 6. The summed E-state index contributed by atoms with van der Waals surface area (Å²) in [4.78, 5) is 13.0. The molecule has 2 nitrogen and oxygen atoms in total. The topological polar surface area (TPSA) is 20.3 Å². The highest BCUT2D eigenvalue weighted by Crippen LogP contribution is 2.10. The van der Waals surface area contributed by atoms with Crippen molar-refractivity contribution in [2.75, 3.05) is 20.6 Å². The van der Waals surface area contributed by atoms with Gasteiger partial charge in [0.25, 0.3) is 0 Å². The van der Waals surface area contributed by atoms with Crippen LogP contribution in [0.25, 0.3) is 0 Å². The van der Waals surface area contributed by atoms with Gasteiger partial charge in [-0.25, -0.2) is 0 Å². The van der Waals surface area contributed by atoms with Crippen LogP contribution < -0.4 is 0 Å². The lowest BCUT2D eigenvalue weighted by molar-refractivity contribution is -0.111. The molecule has 1 aromatic carbocycles. The largest absolute Gasteiger partial charge is 0.309 e. The first-order valence-electron chi connectivity index (χ1n) is 5.36. The zero-order valence-electron chi connectivity index (χ0n) is 9.52. The fourth-order valence-corrected chi connectivity index (χ4v) is 1.56. The van der Waals surface area contributed by atoms with Gasteiger partial charge in [0.15, 0.2) is 0 Å². The van der Waals surface area contributed by atoms with Crippen LogP contribution in [0, 0.1) is 5.92 Å². The molecule has 0 aliphatic carbocycles. The smallest absolute Gasteiger partial charge is 0.123 e. The molecule has 0 amide bonds. The highest BCUT2D eigenvalue weighted by molar-refractivity contribution is 5.54. The van der Waals surface area contributed by atoms with E-state index in [9.17, 15) is 4.79 Å². The third-order valence-electron chi connectivity index (χ3n) is 2.48. The Hall–Kier alpha value is -1.15. The van der Waals surface area contributed by atoms with Crippen molar-refractivity contribution >= 4 is 6.29 Å². The molecule has 0 radical (unpaired) electrons. The maximum absolute atomic E-state index is 10.9. The molecular formula is C13H19NO. The van der Waals surface area contributed by atoms with Crippen molar-refractivity contribution in [1.82, 2.24) is 4.90 Å². The van der Waals surface area contributed by atoms with E-state index in [1.54, 1.807) is 0 Å². The molecule has 0 saturated heterocycles. The van der Waals surface area contributed by atoms with Crippen LogP contribution in [-0.4, -0.2) is 31.8 Å². The molecule has 0 fully saturated rings. The Morgan fingerprint density at radius 3 is 2.47 bits per heavy atom. The molecule has 0 bridgehead atoms. The number of carbonyl (C=O) groups is 1. The fourth-order valence-electron chi connectivity index (χ4n) is 1.56. The second-order valence-electron chi connectivity index (χ2n) is 4.18. The van der Waals surface area contributed by atoms with Crippen LogP contribution in [0.15, 0.2) is 30.3 Å². The molecule has 1 rings (SSSR count). The summed E-state index contributed by atoms with van der Waals surface area (Å²) in [5.41, 5.74) is 1.24. The normalized spacial score (nSPS) is 12.7. The van der Waals surface area contributed by atoms with Gasteiger partial charge in [-0.3, -0.25) is 0 Å². The predicted octanol–water partition coefficient (Wildman–Crippen LogP) is 2.00. The average molecular weight is 205 g/mol. The third-order valence-corrected chi connectivity index (χ3v) is 2.48. The van der Waals surface area contributed by atoms with E-state index in [1.807, 2.05) is 32.3 Å². The van der Waals surface area contributed by atoms with E-state index >= 15 is 0 Å². The van der Waals surface area contributed by atoms with E-state index in [0.29, 0.717) is 0 Å². The summed E-state index contributed by atoms with van der Waals surface area (Å²) in [6, 6.07) is 10.2.